The van der Waals surface area contributed by atoms with Crippen LogP contribution in [0.4, 0.5) is 14.5 Å². The zero-order chi connectivity index (χ0) is 20.1. The van der Waals surface area contributed by atoms with Gasteiger partial charge in [0.25, 0.3) is 0 Å². The molecule has 2 atom stereocenters. The van der Waals surface area contributed by atoms with Crippen LogP contribution < -0.4 is 15.7 Å². The molecular formula is C17H20F2N4O4S. The second-order valence-electron chi connectivity index (χ2n) is 6.18. The van der Waals surface area contributed by atoms with Crippen molar-refractivity contribution in [1.82, 2.24) is 14.8 Å². The second kappa shape index (κ2) is 9.20. The molecule has 1 aliphatic heterocycles. The van der Waals surface area contributed by atoms with Gasteiger partial charge < -0.3 is 14.8 Å². The number of thioether (sulfide) groups is 1. The Morgan fingerprint density at radius 2 is 2.29 bits per heavy atom. The number of ether oxygens (including phenoxy) is 2. The number of benzene rings is 1. The summed E-state index contributed by atoms with van der Waals surface area (Å²) in [7, 11) is 0. The third-order valence-electron chi connectivity index (χ3n) is 4.15. The molecule has 1 amide bonds. The van der Waals surface area contributed by atoms with Gasteiger partial charge in [0.15, 0.2) is 5.16 Å². The van der Waals surface area contributed by atoms with Gasteiger partial charge in [-0.2, -0.15) is 8.78 Å². The molecule has 0 bridgehead atoms. The van der Waals surface area contributed by atoms with E-state index in [4.69, 9.17) is 4.74 Å². The maximum Gasteiger partial charge on any atom is 0.387 e. The predicted molar refractivity (Wildman–Crippen MR) is 98.8 cm³/mol. The van der Waals surface area contributed by atoms with Gasteiger partial charge in [-0.25, -0.2) is 9.89 Å². The topological polar surface area (TPSA) is 98.2 Å². The fourth-order valence-corrected chi connectivity index (χ4v) is 3.63. The summed E-state index contributed by atoms with van der Waals surface area (Å²) in [5.41, 5.74) is -0.236. The van der Waals surface area contributed by atoms with E-state index in [0.29, 0.717) is 18.3 Å². The molecule has 1 aliphatic rings. The summed E-state index contributed by atoms with van der Waals surface area (Å²) in [6.45, 7) is -0.344. The van der Waals surface area contributed by atoms with Crippen LogP contribution in [0.1, 0.15) is 19.8 Å². The van der Waals surface area contributed by atoms with Crippen molar-refractivity contribution in [3.63, 3.8) is 0 Å². The number of para-hydroxylation sites is 2. The lowest BCUT2D eigenvalue weighted by Crippen LogP contribution is -2.27. The lowest BCUT2D eigenvalue weighted by Gasteiger charge is -2.15. The zero-order valence-corrected chi connectivity index (χ0v) is 15.9. The van der Waals surface area contributed by atoms with Crippen molar-refractivity contribution in [2.45, 2.75) is 49.4 Å². The number of anilines is 1. The van der Waals surface area contributed by atoms with Crippen LogP contribution in [0.3, 0.4) is 0 Å². The summed E-state index contributed by atoms with van der Waals surface area (Å²) in [6.07, 6.45) is 1.74. The van der Waals surface area contributed by atoms with Crippen LogP contribution in [0.2, 0.25) is 0 Å². The van der Waals surface area contributed by atoms with E-state index >= 15 is 0 Å². The van der Waals surface area contributed by atoms with Gasteiger partial charge in [-0.15, -0.1) is 5.10 Å². The van der Waals surface area contributed by atoms with E-state index in [0.717, 1.165) is 24.6 Å². The number of hydrogen-bond acceptors (Lipinski definition) is 6. The molecule has 152 valence electrons. The molecular weight excluding hydrogens is 394 g/mol. The predicted octanol–water partition coefficient (Wildman–Crippen LogP) is 2.47. The first-order valence-electron chi connectivity index (χ1n) is 8.72. The quantitative estimate of drug-likeness (QED) is 0.644. The molecule has 0 spiro atoms. The fraction of sp³-hybridized carbons (Fsp3) is 0.471. The minimum absolute atomic E-state index is 0.0582. The van der Waals surface area contributed by atoms with Crippen LogP contribution in [-0.2, 0) is 16.1 Å². The Morgan fingerprint density at radius 3 is 3.00 bits per heavy atom. The number of rotatable bonds is 8. The Balaban J connectivity index is 1.66. The smallest absolute Gasteiger partial charge is 0.387 e. The van der Waals surface area contributed by atoms with Crippen molar-refractivity contribution in [1.29, 1.82) is 0 Å². The third kappa shape index (κ3) is 5.10. The molecule has 0 saturated carbocycles. The van der Waals surface area contributed by atoms with Gasteiger partial charge in [0.1, 0.15) is 5.75 Å². The number of hydrogen-bond donors (Lipinski definition) is 2. The highest BCUT2D eigenvalue weighted by atomic mass is 32.2. The summed E-state index contributed by atoms with van der Waals surface area (Å²) in [6, 6.07) is 5.93. The maximum atomic E-state index is 12.5. The molecule has 1 aromatic carbocycles. The molecule has 1 saturated heterocycles. The van der Waals surface area contributed by atoms with E-state index in [9.17, 15) is 18.4 Å². The molecule has 2 N–H and O–H groups in total. The van der Waals surface area contributed by atoms with E-state index in [1.54, 1.807) is 13.0 Å². The van der Waals surface area contributed by atoms with Crippen LogP contribution in [0.5, 0.6) is 5.75 Å². The van der Waals surface area contributed by atoms with E-state index < -0.39 is 17.8 Å². The normalized spacial score (nSPS) is 17.6. The van der Waals surface area contributed by atoms with Crippen molar-refractivity contribution < 1.29 is 23.0 Å². The fourth-order valence-electron chi connectivity index (χ4n) is 2.76. The Morgan fingerprint density at radius 1 is 1.50 bits per heavy atom. The van der Waals surface area contributed by atoms with Gasteiger partial charge in [-0.05, 0) is 31.9 Å². The van der Waals surface area contributed by atoms with E-state index in [1.165, 1.54) is 22.8 Å². The highest BCUT2D eigenvalue weighted by Crippen LogP contribution is 2.28. The molecule has 11 heteroatoms. The Kier molecular flexibility index (Phi) is 6.68. The third-order valence-corrected chi connectivity index (χ3v) is 5.24. The first-order chi connectivity index (χ1) is 13.4. The Hall–Kier alpha value is -2.40. The average molecular weight is 414 g/mol. The SMILES string of the molecule is C[C@@H](Sc1n[nH]c(=O)n1C[C@@H]1CCCO1)C(=O)Nc1ccccc1OC(F)F. The van der Waals surface area contributed by atoms with E-state index in [-0.39, 0.29) is 23.2 Å². The lowest BCUT2D eigenvalue weighted by molar-refractivity contribution is -0.115. The Bertz CT molecular complexity index is 867. The standard InChI is InChI=1S/C17H20F2N4O4S/c1-10(14(24)20-12-6-2-3-7-13(12)27-15(18)19)28-17-22-21-16(25)23(17)9-11-5-4-8-26-11/h2-3,6-7,10-11,15H,4-5,8-9H2,1H3,(H,20,24)(H,21,25)/t10-,11+/m1/s1. The molecule has 3 rings (SSSR count). The maximum absolute atomic E-state index is 12.5. The number of halogens is 2. The van der Waals surface area contributed by atoms with Crippen molar-refractivity contribution in [2.24, 2.45) is 0 Å². The minimum atomic E-state index is -3.00. The van der Waals surface area contributed by atoms with Gasteiger partial charge in [-0.1, -0.05) is 23.9 Å². The molecule has 2 aromatic rings. The van der Waals surface area contributed by atoms with Crippen LogP contribution >= 0.6 is 11.8 Å². The summed E-state index contributed by atoms with van der Waals surface area (Å²) >= 11 is 1.09. The van der Waals surface area contributed by atoms with Crippen LogP contribution in [-0.4, -0.2) is 45.2 Å². The van der Waals surface area contributed by atoms with Gasteiger partial charge in [0.2, 0.25) is 5.91 Å². The van der Waals surface area contributed by atoms with Crippen molar-refractivity contribution in [3.05, 3.63) is 34.7 Å². The van der Waals surface area contributed by atoms with Crippen LogP contribution in [0, 0.1) is 0 Å². The number of H-pyrrole nitrogens is 1. The molecule has 28 heavy (non-hydrogen) atoms. The number of carbonyl (C=O) groups excluding carboxylic acids is 1. The molecule has 1 aromatic heterocycles. The Labute approximate surface area is 163 Å². The van der Waals surface area contributed by atoms with Gasteiger partial charge in [0.05, 0.1) is 23.6 Å². The number of alkyl halides is 2. The summed E-state index contributed by atoms with van der Waals surface area (Å²) in [5, 5.41) is 8.64. The number of nitrogens with one attached hydrogen (secondary N) is 2. The first-order valence-corrected chi connectivity index (χ1v) is 9.60. The number of nitrogens with zero attached hydrogens (tertiary/aromatic N) is 2. The highest BCUT2D eigenvalue weighted by molar-refractivity contribution is 8.00. The van der Waals surface area contributed by atoms with Gasteiger partial charge in [-0.3, -0.25) is 9.36 Å². The molecule has 2 heterocycles. The molecule has 0 aliphatic carbocycles. The summed E-state index contributed by atoms with van der Waals surface area (Å²) in [5.74, 6) is -0.562. The number of aromatic amines is 1. The molecule has 0 radical (unpaired) electrons. The number of aromatic nitrogens is 3. The van der Waals surface area contributed by atoms with E-state index in [2.05, 4.69) is 20.3 Å². The monoisotopic (exact) mass is 414 g/mol. The summed E-state index contributed by atoms with van der Waals surface area (Å²) < 4.78 is 36.4. The van der Waals surface area contributed by atoms with Crippen LogP contribution in [0.15, 0.2) is 34.2 Å². The second-order valence-corrected chi connectivity index (χ2v) is 7.49. The van der Waals surface area contributed by atoms with Crippen molar-refractivity contribution in [2.75, 3.05) is 11.9 Å². The van der Waals surface area contributed by atoms with Crippen LogP contribution in [0.25, 0.3) is 0 Å². The molecule has 8 nitrogen and oxygen atoms in total. The highest BCUT2D eigenvalue weighted by Gasteiger charge is 2.23. The van der Waals surface area contributed by atoms with Crippen molar-refractivity contribution >= 4 is 23.4 Å². The minimum Gasteiger partial charge on any atom is -0.433 e. The lowest BCUT2D eigenvalue weighted by atomic mass is 10.2. The number of amides is 1. The molecule has 0 unspecified atom stereocenters. The summed E-state index contributed by atoms with van der Waals surface area (Å²) in [4.78, 5) is 24.5. The van der Waals surface area contributed by atoms with Gasteiger partial charge >= 0.3 is 12.3 Å². The van der Waals surface area contributed by atoms with E-state index in [1.807, 2.05) is 0 Å². The zero-order valence-electron chi connectivity index (χ0n) is 15.1. The largest absolute Gasteiger partial charge is 0.433 e. The van der Waals surface area contributed by atoms with Crippen molar-refractivity contribution in [3.8, 4) is 5.75 Å². The molecule has 1 fully saturated rings. The first kappa shape index (κ1) is 20.3. The van der Waals surface area contributed by atoms with Gasteiger partial charge in [0, 0.05) is 6.61 Å². The number of carbonyl (C=O) groups is 1. The average Bonchev–Trinajstić information content (AvgIpc) is 3.28.